The standard InChI is InChI=1S/C20H22O5/c1-5-8-20-10-15(25-4)18(22)17(19(20)23)16(11(20)2)12-6-7-13(21)14(9-12)24-3/h5-7,9-11,16-17,21H,1,8H2,2-4H3/t11-,16+,17+,20-/m1/s1. The van der Waals surface area contributed by atoms with Gasteiger partial charge < -0.3 is 14.6 Å². The van der Waals surface area contributed by atoms with Gasteiger partial charge in [-0.2, -0.15) is 0 Å². The average Bonchev–Trinajstić information content (AvgIpc) is 2.75. The van der Waals surface area contributed by atoms with Gasteiger partial charge in [-0.05, 0) is 36.1 Å². The molecule has 1 N–H and O–H groups in total. The SMILES string of the molecule is C=CC[C@]12C=C(OC)C(=O)[C@@H](C1=O)[C@H](c1ccc(O)c(OC)c1)[C@H]2C. The third-order valence-electron chi connectivity index (χ3n) is 5.66. The number of fused-ring (bicyclic) bond motifs is 2. The summed E-state index contributed by atoms with van der Waals surface area (Å²) >= 11 is 0. The monoisotopic (exact) mass is 342 g/mol. The van der Waals surface area contributed by atoms with Gasteiger partial charge in [-0.15, -0.1) is 6.58 Å². The van der Waals surface area contributed by atoms with E-state index in [1.54, 1.807) is 24.3 Å². The molecule has 4 atom stereocenters. The highest BCUT2D eigenvalue weighted by atomic mass is 16.5. The van der Waals surface area contributed by atoms with E-state index >= 15 is 0 Å². The van der Waals surface area contributed by atoms with E-state index in [0.717, 1.165) is 5.56 Å². The summed E-state index contributed by atoms with van der Waals surface area (Å²) in [5, 5.41) is 9.85. The van der Waals surface area contributed by atoms with E-state index in [2.05, 4.69) is 6.58 Å². The quantitative estimate of drug-likeness (QED) is 0.658. The summed E-state index contributed by atoms with van der Waals surface area (Å²) < 4.78 is 10.4. The van der Waals surface area contributed by atoms with Gasteiger partial charge in [-0.3, -0.25) is 9.59 Å². The molecule has 0 heterocycles. The third kappa shape index (κ3) is 2.29. The lowest BCUT2D eigenvalue weighted by Crippen LogP contribution is -2.38. The van der Waals surface area contributed by atoms with Crippen LogP contribution in [0.3, 0.4) is 0 Å². The molecule has 1 saturated carbocycles. The number of aromatic hydroxyl groups is 1. The molecule has 0 unspecified atom stereocenters. The first-order chi connectivity index (χ1) is 11.9. The molecule has 1 aromatic rings. The Morgan fingerprint density at radius 3 is 2.60 bits per heavy atom. The molecule has 2 aliphatic rings. The molecule has 0 spiro atoms. The van der Waals surface area contributed by atoms with Crippen molar-refractivity contribution in [1.29, 1.82) is 0 Å². The van der Waals surface area contributed by atoms with E-state index in [1.165, 1.54) is 20.3 Å². The smallest absolute Gasteiger partial charge is 0.208 e. The first kappa shape index (κ1) is 17.3. The lowest BCUT2D eigenvalue weighted by molar-refractivity contribution is -0.136. The number of phenols is 1. The number of allylic oxidation sites excluding steroid dienone is 3. The summed E-state index contributed by atoms with van der Waals surface area (Å²) in [4.78, 5) is 25.9. The Morgan fingerprint density at radius 1 is 1.28 bits per heavy atom. The van der Waals surface area contributed by atoms with Crippen LogP contribution in [0.1, 0.15) is 24.8 Å². The van der Waals surface area contributed by atoms with Crippen LogP contribution in [0.4, 0.5) is 0 Å². The number of hydrogen-bond donors (Lipinski definition) is 1. The zero-order chi connectivity index (χ0) is 18.4. The highest BCUT2D eigenvalue weighted by Gasteiger charge is 2.62. The molecule has 1 aromatic carbocycles. The number of ether oxygens (including phenoxy) is 2. The van der Waals surface area contributed by atoms with Gasteiger partial charge in [-0.25, -0.2) is 0 Å². The van der Waals surface area contributed by atoms with Crippen LogP contribution >= 0.6 is 0 Å². The van der Waals surface area contributed by atoms with Gasteiger partial charge in [0.2, 0.25) is 5.78 Å². The molecule has 0 radical (unpaired) electrons. The molecule has 5 heteroatoms. The second-order valence-electron chi connectivity index (χ2n) is 6.70. The average molecular weight is 342 g/mol. The van der Waals surface area contributed by atoms with Crippen molar-refractivity contribution in [2.45, 2.75) is 19.3 Å². The molecule has 2 aliphatic carbocycles. The lowest BCUT2D eigenvalue weighted by Gasteiger charge is -2.31. The Morgan fingerprint density at radius 2 is 2.00 bits per heavy atom. The van der Waals surface area contributed by atoms with Gasteiger partial charge in [0, 0.05) is 5.92 Å². The fourth-order valence-electron chi connectivity index (χ4n) is 4.36. The number of carbonyl (C=O) groups is 2. The van der Waals surface area contributed by atoms with E-state index < -0.39 is 11.3 Å². The van der Waals surface area contributed by atoms with Crippen LogP contribution in [-0.2, 0) is 14.3 Å². The number of carbonyl (C=O) groups excluding carboxylic acids is 2. The molecule has 132 valence electrons. The minimum absolute atomic E-state index is 0.0223. The van der Waals surface area contributed by atoms with Crippen molar-refractivity contribution >= 4 is 11.6 Å². The van der Waals surface area contributed by atoms with Crippen LogP contribution in [0, 0.1) is 17.3 Å². The minimum Gasteiger partial charge on any atom is -0.504 e. The number of Topliss-reactive ketones (excluding diaryl/α,β-unsaturated/α-hetero) is 2. The van der Waals surface area contributed by atoms with E-state index in [-0.39, 0.29) is 34.9 Å². The number of benzene rings is 1. The fourth-order valence-corrected chi connectivity index (χ4v) is 4.36. The summed E-state index contributed by atoms with van der Waals surface area (Å²) in [6.07, 6.45) is 3.85. The van der Waals surface area contributed by atoms with E-state index in [4.69, 9.17) is 9.47 Å². The van der Waals surface area contributed by atoms with Crippen molar-refractivity contribution in [2.75, 3.05) is 14.2 Å². The van der Waals surface area contributed by atoms with E-state index in [9.17, 15) is 14.7 Å². The van der Waals surface area contributed by atoms with Crippen LogP contribution in [0.25, 0.3) is 0 Å². The maximum Gasteiger partial charge on any atom is 0.208 e. The predicted molar refractivity (Wildman–Crippen MR) is 92.4 cm³/mol. The molecule has 0 aromatic heterocycles. The van der Waals surface area contributed by atoms with Crippen molar-refractivity contribution in [1.82, 2.24) is 0 Å². The number of hydrogen-bond acceptors (Lipinski definition) is 5. The van der Waals surface area contributed by atoms with Gasteiger partial charge in [0.25, 0.3) is 0 Å². The van der Waals surface area contributed by atoms with Gasteiger partial charge in [0.1, 0.15) is 0 Å². The second kappa shape index (κ2) is 6.06. The summed E-state index contributed by atoms with van der Waals surface area (Å²) in [5.41, 5.74) is 0.00658. The van der Waals surface area contributed by atoms with Crippen molar-refractivity contribution in [3.63, 3.8) is 0 Å². The fraction of sp³-hybridized carbons (Fsp3) is 0.400. The molecule has 0 aliphatic heterocycles. The van der Waals surface area contributed by atoms with Crippen molar-refractivity contribution in [3.8, 4) is 11.5 Å². The van der Waals surface area contributed by atoms with E-state index in [0.29, 0.717) is 12.2 Å². The normalized spacial score (nSPS) is 30.8. The molecule has 1 fully saturated rings. The molecule has 3 rings (SSSR count). The van der Waals surface area contributed by atoms with Crippen LogP contribution < -0.4 is 4.74 Å². The van der Waals surface area contributed by atoms with Gasteiger partial charge in [0.05, 0.1) is 25.6 Å². The maximum absolute atomic E-state index is 13.1. The van der Waals surface area contributed by atoms with Crippen LogP contribution in [0.2, 0.25) is 0 Å². The molecule has 2 bridgehead atoms. The van der Waals surface area contributed by atoms with Crippen molar-refractivity contribution < 1.29 is 24.2 Å². The zero-order valence-electron chi connectivity index (χ0n) is 14.6. The highest BCUT2D eigenvalue weighted by molar-refractivity contribution is 6.17. The summed E-state index contributed by atoms with van der Waals surface area (Å²) in [6, 6.07) is 4.98. The second-order valence-corrected chi connectivity index (χ2v) is 6.70. The first-order valence-electron chi connectivity index (χ1n) is 8.24. The molecule has 25 heavy (non-hydrogen) atoms. The summed E-state index contributed by atoms with van der Waals surface area (Å²) in [7, 11) is 2.92. The topological polar surface area (TPSA) is 72.8 Å². The van der Waals surface area contributed by atoms with Gasteiger partial charge >= 0.3 is 0 Å². The maximum atomic E-state index is 13.1. The summed E-state index contributed by atoms with van der Waals surface area (Å²) in [5.74, 6) is -0.989. The number of phenolic OH excluding ortho intramolecular Hbond substituents is 1. The largest absolute Gasteiger partial charge is 0.504 e. The Hall–Kier alpha value is -2.56. The van der Waals surface area contributed by atoms with E-state index in [1.807, 2.05) is 6.92 Å². The van der Waals surface area contributed by atoms with Crippen molar-refractivity contribution in [3.05, 3.63) is 48.3 Å². The van der Waals surface area contributed by atoms with Crippen LogP contribution in [0.5, 0.6) is 11.5 Å². The summed E-state index contributed by atoms with van der Waals surface area (Å²) in [6.45, 7) is 5.76. The molecular formula is C20H22O5. The Bertz CT molecular complexity index is 778. The number of methoxy groups -OCH3 is 2. The Balaban J connectivity index is 2.16. The molecule has 0 saturated heterocycles. The molecular weight excluding hydrogens is 320 g/mol. The number of rotatable bonds is 5. The van der Waals surface area contributed by atoms with Crippen LogP contribution in [-0.4, -0.2) is 30.9 Å². The Labute approximate surface area is 146 Å². The molecule has 0 amide bonds. The van der Waals surface area contributed by atoms with Gasteiger partial charge in [0.15, 0.2) is 23.0 Å². The zero-order valence-corrected chi connectivity index (χ0v) is 14.6. The molecule has 5 nitrogen and oxygen atoms in total. The predicted octanol–water partition coefficient (Wildman–Crippen LogP) is 2.99. The minimum atomic E-state index is -0.790. The first-order valence-corrected chi connectivity index (χ1v) is 8.24. The lowest BCUT2D eigenvalue weighted by atomic mass is 9.71. The van der Waals surface area contributed by atoms with Crippen molar-refractivity contribution in [2.24, 2.45) is 17.3 Å². The highest BCUT2D eigenvalue weighted by Crippen LogP contribution is 2.59. The van der Waals surface area contributed by atoms with Gasteiger partial charge in [-0.1, -0.05) is 19.1 Å². The Kier molecular flexibility index (Phi) is 4.19. The van der Waals surface area contributed by atoms with Crippen LogP contribution in [0.15, 0.2) is 42.7 Å². The number of ketones is 2. The third-order valence-corrected chi connectivity index (χ3v) is 5.66.